The largest absolute Gasteiger partial charge is 0.346 e. The second-order valence-electron chi connectivity index (χ2n) is 5.80. The van der Waals surface area contributed by atoms with Crippen molar-refractivity contribution >= 4 is 11.6 Å². The minimum atomic E-state index is -0.468. The third-order valence-corrected chi connectivity index (χ3v) is 3.94. The number of hydrogen-bond acceptors (Lipinski definition) is 5. The van der Waals surface area contributed by atoms with E-state index >= 15 is 0 Å². The average Bonchev–Trinajstić information content (AvgIpc) is 3.00. The molecular weight excluding hydrogens is 334 g/mol. The number of carbonyl (C=O) groups excluding carboxylic acids is 1. The highest BCUT2D eigenvalue weighted by Crippen LogP contribution is 2.19. The van der Waals surface area contributed by atoms with Gasteiger partial charge in [-0.15, -0.1) is 0 Å². The molecule has 132 valence electrons. The minimum Gasteiger partial charge on any atom is -0.346 e. The van der Waals surface area contributed by atoms with E-state index in [1.54, 1.807) is 17.8 Å². The molecule has 26 heavy (non-hydrogen) atoms. The predicted molar refractivity (Wildman–Crippen MR) is 95.4 cm³/mol. The van der Waals surface area contributed by atoms with Crippen molar-refractivity contribution in [2.45, 2.75) is 13.5 Å². The van der Waals surface area contributed by atoms with Crippen molar-refractivity contribution in [3.63, 3.8) is 0 Å². The van der Waals surface area contributed by atoms with Gasteiger partial charge in [-0.05, 0) is 37.3 Å². The minimum absolute atomic E-state index is 0.00808. The second-order valence-corrected chi connectivity index (χ2v) is 5.80. The van der Waals surface area contributed by atoms with Crippen molar-refractivity contribution in [1.29, 1.82) is 0 Å². The molecular formula is C18H17N5O3. The topological polar surface area (TPSA) is 103 Å². The molecule has 0 aliphatic rings. The highest BCUT2D eigenvalue weighted by Gasteiger charge is 2.14. The summed E-state index contributed by atoms with van der Waals surface area (Å²) in [4.78, 5) is 27.0. The normalized spacial score (nSPS) is 10.5. The average molecular weight is 351 g/mol. The molecule has 1 amide bonds. The maximum atomic E-state index is 12.3. The summed E-state index contributed by atoms with van der Waals surface area (Å²) in [5.41, 5.74) is 3.14. The quantitative estimate of drug-likeness (QED) is 0.562. The number of nitrogens with one attached hydrogen (secondary N) is 1. The molecule has 1 N–H and O–H groups in total. The van der Waals surface area contributed by atoms with Crippen molar-refractivity contribution in [2.24, 2.45) is 7.05 Å². The van der Waals surface area contributed by atoms with E-state index in [4.69, 9.17) is 0 Å². The first kappa shape index (κ1) is 17.3. The third kappa shape index (κ3) is 3.59. The summed E-state index contributed by atoms with van der Waals surface area (Å²) in [7, 11) is 1.81. The van der Waals surface area contributed by atoms with E-state index in [9.17, 15) is 14.9 Å². The Morgan fingerprint density at radius 2 is 2.08 bits per heavy atom. The van der Waals surface area contributed by atoms with Gasteiger partial charge in [0.25, 0.3) is 11.6 Å². The Labute approximate surface area is 149 Å². The van der Waals surface area contributed by atoms with Crippen LogP contribution in [0.1, 0.15) is 21.6 Å². The van der Waals surface area contributed by atoms with Crippen LogP contribution in [-0.2, 0) is 13.6 Å². The molecule has 0 spiro atoms. The summed E-state index contributed by atoms with van der Waals surface area (Å²) in [6.45, 7) is 1.85. The molecule has 3 aromatic rings. The van der Waals surface area contributed by atoms with Crippen LogP contribution in [0.25, 0.3) is 11.4 Å². The van der Waals surface area contributed by atoms with Gasteiger partial charge < -0.3 is 5.32 Å². The van der Waals surface area contributed by atoms with Crippen LogP contribution in [0, 0.1) is 17.0 Å². The molecule has 0 aliphatic carbocycles. The fourth-order valence-corrected chi connectivity index (χ4v) is 2.64. The number of amides is 1. The third-order valence-electron chi connectivity index (χ3n) is 3.94. The lowest BCUT2D eigenvalue weighted by atomic mass is 10.1. The first-order chi connectivity index (χ1) is 12.5. The molecule has 0 aliphatic heterocycles. The summed E-state index contributed by atoms with van der Waals surface area (Å²) in [6, 6.07) is 11.8. The van der Waals surface area contributed by atoms with E-state index in [1.807, 2.05) is 31.3 Å². The number of nitro groups is 1. The number of carbonyl (C=O) groups is 1. The van der Waals surface area contributed by atoms with Crippen LogP contribution < -0.4 is 5.32 Å². The van der Waals surface area contributed by atoms with Crippen molar-refractivity contribution in [1.82, 2.24) is 20.1 Å². The van der Waals surface area contributed by atoms with Crippen LogP contribution in [0.15, 0.2) is 48.7 Å². The zero-order valence-electron chi connectivity index (χ0n) is 14.3. The summed E-state index contributed by atoms with van der Waals surface area (Å²) in [6.07, 6.45) is 1.71. The molecule has 2 aromatic heterocycles. The lowest BCUT2D eigenvalue weighted by Gasteiger charge is -2.04. The molecule has 0 radical (unpaired) electrons. The monoisotopic (exact) mass is 351 g/mol. The molecule has 2 heterocycles. The van der Waals surface area contributed by atoms with Gasteiger partial charge in [-0.3, -0.25) is 24.6 Å². The van der Waals surface area contributed by atoms with E-state index in [0.717, 1.165) is 11.4 Å². The van der Waals surface area contributed by atoms with Crippen LogP contribution in [0.5, 0.6) is 0 Å². The Kier molecular flexibility index (Phi) is 4.74. The summed E-state index contributed by atoms with van der Waals surface area (Å²) in [5, 5.41) is 18.0. The highest BCUT2D eigenvalue weighted by atomic mass is 16.6. The molecule has 0 saturated heterocycles. The number of rotatable bonds is 5. The Bertz CT molecular complexity index is 966. The van der Waals surface area contributed by atoms with Gasteiger partial charge in [0.05, 0.1) is 28.5 Å². The van der Waals surface area contributed by atoms with Gasteiger partial charge in [-0.2, -0.15) is 5.10 Å². The number of aryl methyl sites for hydroxylation is 2. The maximum absolute atomic E-state index is 12.3. The molecule has 8 nitrogen and oxygen atoms in total. The van der Waals surface area contributed by atoms with E-state index in [-0.39, 0.29) is 18.1 Å². The Hall–Kier alpha value is -3.55. The predicted octanol–water partition coefficient (Wildman–Crippen LogP) is 2.63. The van der Waals surface area contributed by atoms with Crippen LogP contribution in [0.4, 0.5) is 5.69 Å². The van der Waals surface area contributed by atoms with Gasteiger partial charge in [0.15, 0.2) is 0 Å². The number of pyridine rings is 1. The van der Waals surface area contributed by atoms with Crippen LogP contribution in [0.3, 0.4) is 0 Å². The molecule has 3 rings (SSSR count). The zero-order valence-corrected chi connectivity index (χ0v) is 14.3. The lowest BCUT2D eigenvalue weighted by molar-refractivity contribution is -0.385. The summed E-state index contributed by atoms with van der Waals surface area (Å²) < 4.78 is 1.71. The van der Waals surface area contributed by atoms with Crippen molar-refractivity contribution in [3.8, 4) is 11.4 Å². The fourth-order valence-electron chi connectivity index (χ4n) is 2.64. The summed E-state index contributed by atoms with van der Waals surface area (Å²) >= 11 is 0. The summed E-state index contributed by atoms with van der Waals surface area (Å²) in [5.74, 6) is -0.312. The number of aromatic nitrogens is 3. The lowest BCUT2D eigenvalue weighted by Crippen LogP contribution is -2.23. The Morgan fingerprint density at radius 1 is 1.27 bits per heavy atom. The number of hydrogen-bond donors (Lipinski definition) is 1. The van der Waals surface area contributed by atoms with Crippen molar-refractivity contribution in [2.75, 3.05) is 0 Å². The Morgan fingerprint density at radius 3 is 2.73 bits per heavy atom. The van der Waals surface area contributed by atoms with Gasteiger partial charge in [0.2, 0.25) is 0 Å². The fraction of sp³-hybridized carbons (Fsp3) is 0.167. The molecule has 8 heteroatoms. The van der Waals surface area contributed by atoms with E-state index in [2.05, 4.69) is 15.4 Å². The second kappa shape index (κ2) is 7.14. The van der Waals surface area contributed by atoms with E-state index < -0.39 is 4.92 Å². The smallest absolute Gasteiger partial charge is 0.272 e. The van der Waals surface area contributed by atoms with Gasteiger partial charge in [-0.1, -0.05) is 6.07 Å². The van der Waals surface area contributed by atoms with Gasteiger partial charge in [0.1, 0.15) is 0 Å². The zero-order chi connectivity index (χ0) is 18.7. The molecule has 0 bridgehead atoms. The maximum Gasteiger partial charge on any atom is 0.272 e. The van der Waals surface area contributed by atoms with Gasteiger partial charge in [0, 0.05) is 30.4 Å². The first-order valence-electron chi connectivity index (χ1n) is 7.93. The SMILES string of the molecule is Cc1cc(C(=O)NCc2cc(-c3ccccn3)n(C)n2)ccc1[N+](=O)[O-]. The standard InChI is InChI=1S/C18H17N5O3/c1-12-9-13(6-7-16(12)23(25)26)18(24)20-11-14-10-17(22(2)21-14)15-5-3-4-8-19-15/h3-10H,11H2,1-2H3,(H,20,24). The Balaban J connectivity index is 1.71. The van der Waals surface area contributed by atoms with E-state index in [1.165, 1.54) is 18.2 Å². The van der Waals surface area contributed by atoms with Crippen LogP contribution in [0.2, 0.25) is 0 Å². The molecule has 0 atom stereocenters. The van der Waals surface area contributed by atoms with Crippen molar-refractivity contribution in [3.05, 3.63) is 75.6 Å². The molecule has 0 saturated carbocycles. The van der Waals surface area contributed by atoms with E-state index in [0.29, 0.717) is 16.8 Å². The van der Waals surface area contributed by atoms with Crippen LogP contribution >= 0.6 is 0 Å². The molecule has 0 unspecified atom stereocenters. The van der Waals surface area contributed by atoms with Crippen LogP contribution in [-0.4, -0.2) is 25.6 Å². The first-order valence-corrected chi connectivity index (χ1v) is 7.93. The van der Waals surface area contributed by atoms with Gasteiger partial charge >= 0.3 is 0 Å². The van der Waals surface area contributed by atoms with Gasteiger partial charge in [-0.25, -0.2) is 0 Å². The van der Waals surface area contributed by atoms with Crippen molar-refractivity contribution < 1.29 is 9.72 Å². The number of nitrogens with zero attached hydrogens (tertiary/aromatic N) is 4. The molecule has 1 aromatic carbocycles. The highest BCUT2D eigenvalue weighted by molar-refractivity contribution is 5.94. The molecule has 0 fully saturated rings. The number of benzene rings is 1. The number of nitro benzene ring substituents is 1.